The van der Waals surface area contributed by atoms with Gasteiger partial charge in [-0.05, 0) is 6.92 Å². The molecule has 1 rings (SSSR count). The van der Waals surface area contributed by atoms with Gasteiger partial charge in [-0.15, -0.1) is 0 Å². The maximum atomic E-state index is 11.7. The summed E-state index contributed by atoms with van der Waals surface area (Å²) in [6.45, 7) is -0.0430. The van der Waals surface area contributed by atoms with Gasteiger partial charge in [-0.1, -0.05) is 0 Å². The van der Waals surface area contributed by atoms with Crippen LogP contribution in [-0.4, -0.2) is 146 Å². The number of rotatable bonds is 4. The summed E-state index contributed by atoms with van der Waals surface area (Å²) in [5.41, 5.74) is 0. The van der Waals surface area contributed by atoms with E-state index in [4.69, 9.17) is 0 Å². The minimum Gasteiger partial charge on any atom is -0.465 e. The zero-order valence-corrected chi connectivity index (χ0v) is 18.9. The number of hydrogen-bond donors (Lipinski definition) is 6. The minimum atomic E-state index is -1.30. The van der Waals surface area contributed by atoms with Crippen LogP contribution in [0.1, 0.15) is 6.92 Å². The molecule has 176 valence electrons. The van der Waals surface area contributed by atoms with E-state index in [-0.39, 0.29) is 85.8 Å². The fraction of sp³-hybridized carbons (Fsp3) is 0.812. The van der Waals surface area contributed by atoms with Crippen LogP contribution in [-0.2, 0) is 0 Å². The summed E-state index contributed by atoms with van der Waals surface area (Å²) in [5, 5.41) is 57.1. The van der Waals surface area contributed by atoms with E-state index in [1.54, 1.807) is 6.92 Å². The van der Waals surface area contributed by atoms with E-state index in [2.05, 4.69) is 0 Å². The molecule has 1 unspecified atom stereocenters. The van der Waals surface area contributed by atoms with Crippen molar-refractivity contribution in [1.82, 2.24) is 19.6 Å². The van der Waals surface area contributed by atoms with E-state index in [0.29, 0.717) is 0 Å². The average Bonchev–Trinajstić information content (AvgIpc) is 2.64. The minimum absolute atomic E-state index is 0. The molecule has 0 bridgehead atoms. The predicted octanol–water partition coefficient (Wildman–Crippen LogP) is -1.66. The SMILES string of the molecule is CC1CN(C(=O)O)CCN(C(=O)O)CCN([C@H](CO)[C@@H](O)CO)CCN1C(=O)O.[Gd]. The van der Waals surface area contributed by atoms with Gasteiger partial charge in [0.15, 0.2) is 0 Å². The second kappa shape index (κ2) is 14.1. The molecule has 3 amide bonds. The van der Waals surface area contributed by atoms with Crippen molar-refractivity contribution in [3.8, 4) is 0 Å². The average molecular weight is 580 g/mol. The molecule has 0 saturated carbocycles. The van der Waals surface area contributed by atoms with Crippen molar-refractivity contribution >= 4 is 18.3 Å². The quantitative estimate of drug-likeness (QED) is 0.225. The Balaban J connectivity index is 0.00000841. The molecular weight excluding hydrogens is 549 g/mol. The molecule has 0 aromatic heterocycles. The summed E-state index contributed by atoms with van der Waals surface area (Å²) >= 11 is 0. The van der Waals surface area contributed by atoms with Crippen molar-refractivity contribution in [3.05, 3.63) is 0 Å². The van der Waals surface area contributed by atoms with Crippen LogP contribution in [0.3, 0.4) is 0 Å². The molecule has 13 nitrogen and oxygen atoms in total. The fourth-order valence-corrected chi connectivity index (χ4v) is 3.26. The number of carbonyl (C=O) groups is 3. The molecule has 1 heterocycles. The second-order valence-corrected chi connectivity index (χ2v) is 6.86. The third kappa shape index (κ3) is 8.61. The predicted molar refractivity (Wildman–Crippen MR) is 98.9 cm³/mol. The standard InChI is InChI=1S/C16H30N4O9.Gd/c1-11-8-19(15(26)27)5-4-18(14(24)25)3-2-17(6-7-20(11)16(28)29)12(9-21)13(23)10-22;/h11-13,21-23H,2-10H2,1H3,(H,24,25)(H,26,27)(H,28,29);/t11?,12-,13+;/m1./s1. The van der Waals surface area contributed by atoms with E-state index in [9.17, 15) is 45.0 Å². The normalized spacial score (nSPS) is 21.6. The molecule has 1 fully saturated rings. The van der Waals surface area contributed by atoms with E-state index < -0.39 is 49.7 Å². The monoisotopic (exact) mass is 580 g/mol. The van der Waals surface area contributed by atoms with E-state index in [1.807, 2.05) is 0 Å². The largest absolute Gasteiger partial charge is 0.465 e. The van der Waals surface area contributed by atoms with Crippen LogP contribution in [0.5, 0.6) is 0 Å². The topological polar surface area (TPSA) is 186 Å². The molecule has 0 aromatic rings. The summed E-state index contributed by atoms with van der Waals surface area (Å²) in [5.74, 6) is 0. The van der Waals surface area contributed by atoms with Gasteiger partial charge in [0.05, 0.1) is 25.4 Å². The molecule has 1 saturated heterocycles. The first-order valence-corrected chi connectivity index (χ1v) is 9.21. The maximum Gasteiger partial charge on any atom is 0.407 e. The van der Waals surface area contributed by atoms with Gasteiger partial charge in [-0.3, -0.25) is 4.90 Å². The van der Waals surface area contributed by atoms with Gasteiger partial charge >= 0.3 is 18.3 Å². The molecule has 0 aliphatic carbocycles. The summed E-state index contributed by atoms with van der Waals surface area (Å²) in [6.07, 6.45) is -5.09. The first-order chi connectivity index (χ1) is 13.6. The number of carboxylic acid groups (broad SMARTS) is 3. The van der Waals surface area contributed by atoms with Crippen molar-refractivity contribution in [1.29, 1.82) is 0 Å². The Morgan fingerprint density at radius 2 is 1.33 bits per heavy atom. The van der Waals surface area contributed by atoms with Crippen LogP contribution < -0.4 is 0 Å². The smallest absolute Gasteiger partial charge is 0.407 e. The molecule has 1 aliphatic heterocycles. The van der Waals surface area contributed by atoms with Gasteiger partial charge in [0.25, 0.3) is 0 Å². The van der Waals surface area contributed by atoms with Crippen molar-refractivity contribution < 1.29 is 85.0 Å². The zero-order valence-electron chi connectivity index (χ0n) is 16.6. The van der Waals surface area contributed by atoms with Gasteiger partial charge < -0.3 is 45.3 Å². The van der Waals surface area contributed by atoms with E-state index in [0.717, 1.165) is 14.7 Å². The van der Waals surface area contributed by atoms with Crippen molar-refractivity contribution in [2.24, 2.45) is 0 Å². The van der Waals surface area contributed by atoms with Crippen molar-refractivity contribution in [3.63, 3.8) is 0 Å². The van der Waals surface area contributed by atoms with Crippen LogP contribution in [0, 0.1) is 39.9 Å². The Kier molecular flexibility index (Phi) is 13.6. The maximum absolute atomic E-state index is 11.7. The zero-order chi connectivity index (χ0) is 22.1. The molecule has 14 heteroatoms. The number of aliphatic hydroxyl groups is 3. The summed E-state index contributed by atoms with van der Waals surface area (Å²) < 4.78 is 0. The Morgan fingerprint density at radius 1 is 0.833 bits per heavy atom. The summed E-state index contributed by atoms with van der Waals surface area (Å²) in [7, 11) is 0. The third-order valence-corrected chi connectivity index (χ3v) is 5.02. The third-order valence-electron chi connectivity index (χ3n) is 5.02. The van der Waals surface area contributed by atoms with Gasteiger partial charge in [0.2, 0.25) is 0 Å². The number of amides is 3. The number of aliphatic hydroxyl groups excluding tert-OH is 3. The molecule has 30 heavy (non-hydrogen) atoms. The molecule has 0 spiro atoms. The van der Waals surface area contributed by atoms with Crippen molar-refractivity contribution in [2.75, 3.05) is 59.0 Å². The van der Waals surface area contributed by atoms with Gasteiger partial charge in [-0.2, -0.15) is 0 Å². The van der Waals surface area contributed by atoms with E-state index in [1.165, 1.54) is 4.90 Å². The Labute approximate surface area is 206 Å². The van der Waals surface area contributed by atoms with Crippen LogP contribution in [0.2, 0.25) is 0 Å². The van der Waals surface area contributed by atoms with Gasteiger partial charge in [0.1, 0.15) is 0 Å². The van der Waals surface area contributed by atoms with Gasteiger partial charge in [0, 0.05) is 91.8 Å². The molecular formula is C16H30GdN4O9. The fourth-order valence-electron chi connectivity index (χ4n) is 3.26. The second-order valence-electron chi connectivity index (χ2n) is 6.86. The van der Waals surface area contributed by atoms with Crippen molar-refractivity contribution in [2.45, 2.75) is 25.1 Å². The Hall–Kier alpha value is -1.03. The molecule has 0 aromatic carbocycles. The number of nitrogens with zero attached hydrogens (tertiary/aromatic N) is 4. The summed E-state index contributed by atoms with van der Waals surface area (Å²) in [4.78, 5) is 39.2. The van der Waals surface area contributed by atoms with E-state index >= 15 is 0 Å². The molecule has 0 radical (unpaired) electrons. The van der Waals surface area contributed by atoms with Crippen LogP contribution in [0.25, 0.3) is 0 Å². The molecule has 6 N–H and O–H groups in total. The summed E-state index contributed by atoms with van der Waals surface area (Å²) in [6, 6.07) is -1.63. The van der Waals surface area contributed by atoms with Gasteiger partial charge in [-0.25, -0.2) is 14.4 Å². The molecule has 1 aliphatic rings. The van der Waals surface area contributed by atoms with Crippen LogP contribution in [0.15, 0.2) is 0 Å². The van der Waals surface area contributed by atoms with Crippen LogP contribution in [0.4, 0.5) is 14.4 Å². The number of hydrogen-bond acceptors (Lipinski definition) is 7. The first-order valence-electron chi connectivity index (χ1n) is 9.21. The Morgan fingerprint density at radius 3 is 1.80 bits per heavy atom. The first kappa shape index (κ1) is 29.0. The molecule has 3 atom stereocenters. The Bertz CT molecular complexity index is 571. The van der Waals surface area contributed by atoms with Crippen LogP contribution >= 0.6 is 0 Å².